The zero-order chi connectivity index (χ0) is 14.5. The highest BCUT2D eigenvalue weighted by atomic mass is 35.5. The third-order valence-corrected chi connectivity index (χ3v) is 4.27. The van der Waals surface area contributed by atoms with Crippen LogP contribution < -0.4 is 5.32 Å². The van der Waals surface area contributed by atoms with E-state index < -0.39 is 5.82 Å². The van der Waals surface area contributed by atoms with Crippen LogP contribution in [0.1, 0.15) is 29.6 Å². The van der Waals surface area contributed by atoms with Crippen molar-refractivity contribution in [3.05, 3.63) is 34.6 Å². The molecule has 1 N–H and O–H groups in total. The Labute approximate surface area is 136 Å². The van der Waals surface area contributed by atoms with Crippen LogP contribution in [-0.4, -0.2) is 37.5 Å². The molecule has 3 nitrogen and oxygen atoms in total. The molecule has 0 radical (unpaired) electrons. The maximum Gasteiger partial charge on any atom is 0.255 e. The van der Waals surface area contributed by atoms with Crippen LogP contribution in [0.5, 0.6) is 0 Å². The summed E-state index contributed by atoms with van der Waals surface area (Å²) in [5.74, 6) is -0.0440. The Morgan fingerprint density at radius 3 is 2.71 bits per heavy atom. The summed E-state index contributed by atoms with van der Waals surface area (Å²) in [7, 11) is 1.95. The molecule has 21 heavy (non-hydrogen) atoms. The highest BCUT2D eigenvalue weighted by Gasteiger charge is 2.25. The van der Waals surface area contributed by atoms with E-state index in [1.807, 2.05) is 7.05 Å². The summed E-state index contributed by atoms with van der Waals surface area (Å²) in [4.78, 5) is 14.1. The number of benzene rings is 1. The molecule has 0 aromatic heterocycles. The lowest BCUT2D eigenvalue weighted by atomic mass is 9.93. The fourth-order valence-electron chi connectivity index (χ4n) is 2.61. The number of halogens is 3. The van der Waals surface area contributed by atoms with Gasteiger partial charge in [-0.25, -0.2) is 4.39 Å². The molecule has 0 unspecified atom stereocenters. The molecular formula is C15H21Cl2FN2O. The first kappa shape index (κ1) is 18.2. The van der Waals surface area contributed by atoms with Crippen LogP contribution in [-0.2, 0) is 0 Å². The molecule has 6 heteroatoms. The van der Waals surface area contributed by atoms with Gasteiger partial charge in [-0.05, 0) is 50.9 Å². The Morgan fingerprint density at radius 1 is 1.43 bits per heavy atom. The summed E-state index contributed by atoms with van der Waals surface area (Å²) in [6.07, 6.45) is 3.14. The minimum Gasteiger partial charge on any atom is -0.339 e. The molecule has 0 spiro atoms. The normalized spacial score (nSPS) is 15.7. The van der Waals surface area contributed by atoms with Crippen molar-refractivity contribution in [3.63, 3.8) is 0 Å². The number of likely N-dealkylation sites (tertiary alicyclic amines) is 1. The Morgan fingerprint density at radius 2 is 2.10 bits per heavy atom. The molecule has 1 heterocycles. The molecule has 1 aromatic carbocycles. The topological polar surface area (TPSA) is 32.3 Å². The standard InChI is InChI=1S/C15H20ClFN2O.ClH/c1-18-8-5-11-6-9-19(10-7-11)15(20)12-3-2-4-13(17)14(12)16;/h2-4,11,18H,5-10H2,1H3;1H. The van der Waals surface area contributed by atoms with E-state index in [0.29, 0.717) is 5.92 Å². The summed E-state index contributed by atoms with van der Waals surface area (Å²) >= 11 is 5.87. The molecular weight excluding hydrogens is 314 g/mol. The first-order valence-corrected chi connectivity index (χ1v) is 7.39. The van der Waals surface area contributed by atoms with Crippen LogP contribution in [0, 0.1) is 11.7 Å². The molecule has 1 aliphatic rings. The molecule has 1 aromatic rings. The van der Waals surface area contributed by atoms with Crippen molar-refractivity contribution in [2.45, 2.75) is 19.3 Å². The van der Waals surface area contributed by atoms with Crippen LogP contribution in [0.25, 0.3) is 0 Å². The minimum absolute atomic E-state index is 0. The summed E-state index contributed by atoms with van der Waals surface area (Å²) < 4.78 is 13.4. The number of nitrogens with one attached hydrogen (secondary N) is 1. The summed E-state index contributed by atoms with van der Waals surface area (Å²) in [6.45, 7) is 2.45. The SMILES string of the molecule is CNCCC1CCN(C(=O)c2cccc(F)c2Cl)CC1.Cl. The lowest BCUT2D eigenvalue weighted by Crippen LogP contribution is -2.39. The van der Waals surface area contributed by atoms with Crippen LogP contribution >= 0.6 is 24.0 Å². The Bertz CT molecular complexity index is 477. The third kappa shape index (κ3) is 4.56. The number of amides is 1. The van der Waals surface area contributed by atoms with E-state index in [9.17, 15) is 9.18 Å². The number of piperidine rings is 1. The van der Waals surface area contributed by atoms with Crippen molar-refractivity contribution in [1.82, 2.24) is 10.2 Å². The predicted octanol–water partition coefficient (Wildman–Crippen LogP) is 3.36. The van der Waals surface area contributed by atoms with Gasteiger partial charge in [0.1, 0.15) is 5.82 Å². The zero-order valence-corrected chi connectivity index (χ0v) is 13.6. The van der Waals surface area contributed by atoms with Gasteiger partial charge in [0, 0.05) is 13.1 Å². The second kappa shape index (κ2) is 8.57. The summed E-state index contributed by atoms with van der Waals surface area (Å²) in [5, 5.41) is 3.07. The highest BCUT2D eigenvalue weighted by molar-refractivity contribution is 6.34. The maximum atomic E-state index is 13.4. The lowest BCUT2D eigenvalue weighted by molar-refractivity contribution is 0.0687. The van der Waals surface area contributed by atoms with Gasteiger partial charge in [-0.15, -0.1) is 12.4 Å². The fourth-order valence-corrected chi connectivity index (χ4v) is 2.82. The third-order valence-electron chi connectivity index (χ3n) is 3.89. The molecule has 0 saturated carbocycles. The van der Waals surface area contributed by atoms with Crippen LogP contribution in [0.3, 0.4) is 0 Å². The van der Waals surface area contributed by atoms with Crippen LogP contribution in [0.2, 0.25) is 5.02 Å². The van der Waals surface area contributed by atoms with Gasteiger partial charge in [-0.1, -0.05) is 17.7 Å². The number of nitrogens with zero attached hydrogens (tertiary/aromatic N) is 1. The van der Waals surface area contributed by atoms with E-state index in [2.05, 4.69) is 5.32 Å². The lowest BCUT2D eigenvalue weighted by Gasteiger charge is -2.32. The molecule has 1 fully saturated rings. The predicted molar refractivity (Wildman–Crippen MR) is 85.8 cm³/mol. The largest absolute Gasteiger partial charge is 0.339 e. The quantitative estimate of drug-likeness (QED) is 0.915. The van der Waals surface area contributed by atoms with Crippen LogP contribution in [0.15, 0.2) is 18.2 Å². The van der Waals surface area contributed by atoms with Crippen molar-refractivity contribution in [2.75, 3.05) is 26.7 Å². The first-order chi connectivity index (χ1) is 9.63. The molecule has 1 aliphatic heterocycles. The van der Waals surface area contributed by atoms with Gasteiger partial charge in [-0.3, -0.25) is 4.79 Å². The second-order valence-electron chi connectivity index (χ2n) is 5.23. The zero-order valence-electron chi connectivity index (χ0n) is 12.1. The van der Waals surface area contributed by atoms with E-state index in [-0.39, 0.29) is 28.9 Å². The number of carbonyl (C=O) groups is 1. The van der Waals surface area contributed by atoms with Gasteiger partial charge >= 0.3 is 0 Å². The van der Waals surface area contributed by atoms with Crippen molar-refractivity contribution in [2.24, 2.45) is 5.92 Å². The Balaban J connectivity index is 0.00000220. The average molecular weight is 335 g/mol. The summed E-state index contributed by atoms with van der Waals surface area (Å²) in [6, 6.07) is 4.37. The van der Waals surface area contributed by atoms with Crippen molar-refractivity contribution in [3.8, 4) is 0 Å². The smallest absolute Gasteiger partial charge is 0.255 e. The van der Waals surface area contributed by atoms with Gasteiger partial charge in [0.05, 0.1) is 10.6 Å². The Kier molecular flexibility index (Phi) is 7.43. The minimum atomic E-state index is -0.540. The van der Waals surface area contributed by atoms with E-state index in [0.717, 1.165) is 38.9 Å². The molecule has 0 atom stereocenters. The van der Waals surface area contributed by atoms with E-state index >= 15 is 0 Å². The summed E-state index contributed by atoms with van der Waals surface area (Å²) in [5.41, 5.74) is 0.264. The molecule has 1 amide bonds. The number of carbonyl (C=O) groups excluding carboxylic acids is 1. The molecule has 0 bridgehead atoms. The van der Waals surface area contributed by atoms with Gasteiger partial charge < -0.3 is 10.2 Å². The first-order valence-electron chi connectivity index (χ1n) is 7.01. The molecule has 118 valence electrons. The maximum absolute atomic E-state index is 13.4. The Hall–Kier alpha value is -0.840. The van der Waals surface area contributed by atoms with Crippen LogP contribution in [0.4, 0.5) is 4.39 Å². The molecule has 0 aliphatic carbocycles. The van der Waals surface area contributed by atoms with Gasteiger partial charge in [0.25, 0.3) is 5.91 Å². The van der Waals surface area contributed by atoms with E-state index in [1.54, 1.807) is 11.0 Å². The van der Waals surface area contributed by atoms with Crippen molar-refractivity contribution < 1.29 is 9.18 Å². The van der Waals surface area contributed by atoms with E-state index in [1.165, 1.54) is 12.1 Å². The second-order valence-corrected chi connectivity index (χ2v) is 5.61. The van der Waals surface area contributed by atoms with Gasteiger partial charge in [0.2, 0.25) is 0 Å². The monoisotopic (exact) mass is 334 g/mol. The highest BCUT2D eigenvalue weighted by Crippen LogP contribution is 2.25. The average Bonchev–Trinajstić information content (AvgIpc) is 2.48. The van der Waals surface area contributed by atoms with Gasteiger partial charge in [0.15, 0.2) is 0 Å². The van der Waals surface area contributed by atoms with Crippen molar-refractivity contribution in [1.29, 1.82) is 0 Å². The number of hydrogen-bond acceptors (Lipinski definition) is 2. The number of rotatable bonds is 4. The number of hydrogen-bond donors (Lipinski definition) is 1. The molecule has 2 rings (SSSR count). The van der Waals surface area contributed by atoms with E-state index in [4.69, 9.17) is 11.6 Å². The van der Waals surface area contributed by atoms with Gasteiger partial charge in [-0.2, -0.15) is 0 Å². The fraction of sp³-hybridized carbons (Fsp3) is 0.533. The molecule has 1 saturated heterocycles. The van der Waals surface area contributed by atoms with Crippen molar-refractivity contribution >= 4 is 29.9 Å².